The van der Waals surface area contributed by atoms with Gasteiger partial charge in [-0.1, -0.05) is 12.1 Å². The Morgan fingerprint density at radius 3 is 3.06 bits per heavy atom. The molecule has 1 unspecified atom stereocenters. The van der Waals surface area contributed by atoms with E-state index in [1.165, 1.54) is 24.0 Å². The van der Waals surface area contributed by atoms with Crippen molar-refractivity contribution in [2.45, 2.75) is 32.0 Å². The maximum atomic E-state index is 6.10. The van der Waals surface area contributed by atoms with Crippen LogP contribution in [0.2, 0.25) is 0 Å². The van der Waals surface area contributed by atoms with Gasteiger partial charge in [0, 0.05) is 25.2 Å². The Hall–Kier alpha value is -1.06. The Bertz CT molecular complexity index is 372. The van der Waals surface area contributed by atoms with E-state index >= 15 is 0 Å². The van der Waals surface area contributed by atoms with Crippen LogP contribution in [0.25, 0.3) is 0 Å². The zero-order valence-corrected chi connectivity index (χ0v) is 9.46. The van der Waals surface area contributed by atoms with Gasteiger partial charge in [0.25, 0.3) is 0 Å². The van der Waals surface area contributed by atoms with E-state index in [1.807, 2.05) is 0 Å². The SMILES string of the molecule is c1cc2c(c(OC3CCCNC3)c1)CNC2. The van der Waals surface area contributed by atoms with Crippen LogP contribution in [0.5, 0.6) is 5.75 Å². The van der Waals surface area contributed by atoms with Gasteiger partial charge in [0.2, 0.25) is 0 Å². The fraction of sp³-hybridized carbons (Fsp3) is 0.538. The van der Waals surface area contributed by atoms with Gasteiger partial charge in [0.15, 0.2) is 0 Å². The maximum absolute atomic E-state index is 6.10. The third kappa shape index (κ3) is 1.93. The number of rotatable bonds is 2. The lowest BCUT2D eigenvalue weighted by Crippen LogP contribution is -2.37. The molecule has 1 aromatic rings. The largest absolute Gasteiger partial charge is 0.489 e. The first kappa shape index (κ1) is 10.1. The number of piperidine rings is 1. The summed E-state index contributed by atoms with van der Waals surface area (Å²) in [5.41, 5.74) is 2.74. The van der Waals surface area contributed by atoms with E-state index in [0.29, 0.717) is 6.10 Å². The summed E-state index contributed by atoms with van der Waals surface area (Å²) >= 11 is 0. The van der Waals surface area contributed by atoms with Crippen LogP contribution in [0.15, 0.2) is 18.2 Å². The summed E-state index contributed by atoms with van der Waals surface area (Å²) in [5, 5.41) is 6.75. The predicted octanol–water partition coefficient (Wildman–Crippen LogP) is 1.42. The molecule has 2 aliphatic heterocycles. The van der Waals surface area contributed by atoms with Crippen molar-refractivity contribution in [2.75, 3.05) is 13.1 Å². The standard InChI is InChI=1S/C13H18N2O/c1-3-10-7-15-9-12(10)13(5-1)16-11-4-2-6-14-8-11/h1,3,5,11,14-15H,2,4,6-9H2. The minimum Gasteiger partial charge on any atom is -0.489 e. The molecule has 2 aliphatic rings. The molecule has 2 N–H and O–H groups in total. The molecule has 0 saturated carbocycles. The Kier molecular flexibility index (Phi) is 2.80. The van der Waals surface area contributed by atoms with Crippen LogP contribution in [0.3, 0.4) is 0 Å². The fourth-order valence-electron chi connectivity index (χ4n) is 2.51. The van der Waals surface area contributed by atoms with Gasteiger partial charge in [0.1, 0.15) is 11.9 Å². The number of hydrogen-bond donors (Lipinski definition) is 2. The van der Waals surface area contributed by atoms with E-state index < -0.39 is 0 Å². The molecule has 16 heavy (non-hydrogen) atoms. The Morgan fingerprint density at radius 2 is 2.19 bits per heavy atom. The van der Waals surface area contributed by atoms with Gasteiger partial charge in [0.05, 0.1) is 0 Å². The molecule has 0 aliphatic carbocycles. The Balaban J connectivity index is 1.76. The molecule has 3 rings (SSSR count). The minimum atomic E-state index is 0.348. The predicted molar refractivity (Wildman–Crippen MR) is 63.5 cm³/mol. The molecule has 0 radical (unpaired) electrons. The average Bonchev–Trinajstić information content (AvgIpc) is 2.80. The second-order valence-electron chi connectivity index (χ2n) is 4.58. The Labute approximate surface area is 96.2 Å². The first-order valence-electron chi connectivity index (χ1n) is 6.12. The van der Waals surface area contributed by atoms with Gasteiger partial charge in [-0.25, -0.2) is 0 Å². The van der Waals surface area contributed by atoms with Gasteiger partial charge in [-0.3, -0.25) is 0 Å². The van der Waals surface area contributed by atoms with Gasteiger partial charge >= 0.3 is 0 Å². The normalized spacial score (nSPS) is 24.1. The van der Waals surface area contributed by atoms with Crippen molar-refractivity contribution >= 4 is 0 Å². The summed E-state index contributed by atoms with van der Waals surface area (Å²) in [6.07, 6.45) is 2.74. The molecule has 1 fully saturated rings. The van der Waals surface area contributed by atoms with E-state index in [-0.39, 0.29) is 0 Å². The minimum absolute atomic E-state index is 0.348. The number of ether oxygens (including phenoxy) is 1. The first-order valence-corrected chi connectivity index (χ1v) is 6.12. The smallest absolute Gasteiger partial charge is 0.124 e. The molecule has 1 atom stereocenters. The van der Waals surface area contributed by atoms with E-state index in [2.05, 4.69) is 28.8 Å². The molecule has 1 aromatic carbocycles. The lowest BCUT2D eigenvalue weighted by atomic mass is 10.1. The molecule has 3 heteroatoms. The van der Waals surface area contributed by atoms with Gasteiger partial charge < -0.3 is 15.4 Å². The molecule has 1 saturated heterocycles. The van der Waals surface area contributed by atoms with E-state index in [4.69, 9.17) is 4.74 Å². The lowest BCUT2D eigenvalue weighted by Gasteiger charge is -2.25. The highest BCUT2D eigenvalue weighted by Crippen LogP contribution is 2.27. The summed E-state index contributed by atoms with van der Waals surface area (Å²) in [6.45, 7) is 4.05. The van der Waals surface area contributed by atoms with E-state index in [1.54, 1.807) is 0 Å². The third-order valence-corrected chi connectivity index (χ3v) is 3.39. The van der Waals surface area contributed by atoms with Crippen molar-refractivity contribution in [3.8, 4) is 5.75 Å². The number of benzene rings is 1. The van der Waals surface area contributed by atoms with Crippen LogP contribution in [0, 0.1) is 0 Å². The molecule has 0 spiro atoms. The molecule has 0 bridgehead atoms. The number of fused-ring (bicyclic) bond motifs is 1. The van der Waals surface area contributed by atoms with E-state index in [0.717, 1.165) is 31.9 Å². The zero-order valence-electron chi connectivity index (χ0n) is 9.46. The van der Waals surface area contributed by atoms with Gasteiger partial charge in [-0.15, -0.1) is 0 Å². The van der Waals surface area contributed by atoms with Gasteiger partial charge in [-0.05, 0) is 31.0 Å². The summed E-state index contributed by atoms with van der Waals surface area (Å²) < 4.78 is 6.10. The quantitative estimate of drug-likeness (QED) is 0.787. The van der Waals surface area contributed by atoms with Crippen molar-refractivity contribution in [3.05, 3.63) is 29.3 Å². The Morgan fingerprint density at radius 1 is 1.19 bits per heavy atom. The molecule has 3 nitrogen and oxygen atoms in total. The fourth-order valence-corrected chi connectivity index (χ4v) is 2.51. The highest BCUT2D eigenvalue weighted by atomic mass is 16.5. The number of hydrogen-bond acceptors (Lipinski definition) is 3. The van der Waals surface area contributed by atoms with Crippen molar-refractivity contribution in [2.24, 2.45) is 0 Å². The summed E-state index contributed by atoms with van der Waals surface area (Å²) in [5.74, 6) is 1.08. The van der Waals surface area contributed by atoms with Crippen LogP contribution >= 0.6 is 0 Å². The van der Waals surface area contributed by atoms with Crippen molar-refractivity contribution in [3.63, 3.8) is 0 Å². The zero-order chi connectivity index (χ0) is 10.8. The maximum Gasteiger partial charge on any atom is 0.124 e. The highest BCUT2D eigenvalue weighted by molar-refractivity contribution is 5.42. The van der Waals surface area contributed by atoms with Crippen LogP contribution in [-0.2, 0) is 13.1 Å². The molecule has 2 heterocycles. The second kappa shape index (κ2) is 4.44. The second-order valence-corrected chi connectivity index (χ2v) is 4.58. The van der Waals surface area contributed by atoms with Crippen LogP contribution in [0.1, 0.15) is 24.0 Å². The van der Waals surface area contributed by atoms with Crippen molar-refractivity contribution < 1.29 is 4.74 Å². The summed E-state index contributed by atoms with van der Waals surface area (Å²) in [7, 11) is 0. The summed E-state index contributed by atoms with van der Waals surface area (Å²) in [6, 6.07) is 6.37. The van der Waals surface area contributed by atoms with Crippen LogP contribution in [-0.4, -0.2) is 19.2 Å². The topological polar surface area (TPSA) is 33.3 Å². The van der Waals surface area contributed by atoms with Crippen LogP contribution in [0.4, 0.5) is 0 Å². The molecule has 0 amide bonds. The molecular formula is C13H18N2O. The third-order valence-electron chi connectivity index (χ3n) is 3.39. The van der Waals surface area contributed by atoms with Crippen molar-refractivity contribution in [1.82, 2.24) is 10.6 Å². The molecular weight excluding hydrogens is 200 g/mol. The van der Waals surface area contributed by atoms with Crippen molar-refractivity contribution in [1.29, 1.82) is 0 Å². The molecule has 0 aromatic heterocycles. The molecule has 86 valence electrons. The van der Waals surface area contributed by atoms with Gasteiger partial charge in [-0.2, -0.15) is 0 Å². The first-order chi connectivity index (χ1) is 7.93. The highest BCUT2D eigenvalue weighted by Gasteiger charge is 2.19. The lowest BCUT2D eigenvalue weighted by molar-refractivity contribution is 0.165. The van der Waals surface area contributed by atoms with Crippen LogP contribution < -0.4 is 15.4 Å². The van der Waals surface area contributed by atoms with E-state index in [9.17, 15) is 0 Å². The summed E-state index contributed by atoms with van der Waals surface area (Å²) in [4.78, 5) is 0. The monoisotopic (exact) mass is 218 g/mol. The average molecular weight is 218 g/mol. The number of nitrogens with one attached hydrogen (secondary N) is 2.